The quantitative estimate of drug-likeness (QED) is 0.155. The third kappa shape index (κ3) is 6.89. The highest BCUT2D eigenvalue weighted by Gasteiger charge is 2.37. The molecule has 0 aliphatic carbocycles. The molecular formula is C36H42FN3O5. The number of hydrogen-bond acceptors (Lipinski definition) is 7. The molecule has 1 saturated heterocycles. The van der Waals surface area contributed by atoms with Gasteiger partial charge in [0.05, 0.1) is 41.8 Å². The summed E-state index contributed by atoms with van der Waals surface area (Å²) in [5, 5.41) is 15.4. The van der Waals surface area contributed by atoms with Crippen LogP contribution in [0.1, 0.15) is 57.8 Å². The van der Waals surface area contributed by atoms with Gasteiger partial charge < -0.3 is 24.2 Å². The Hall–Kier alpha value is -4.21. The number of piperidine rings is 1. The highest BCUT2D eigenvalue weighted by atomic mass is 19.1. The Kier molecular flexibility index (Phi) is 9.05. The summed E-state index contributed by atoms with van der Waals surface area (Å²) in [6.45, 7) is 15.5. The van der Waals surface area contributed by atoms with Crippen LogP contribution in [0.25, 0.3) is 27.9 Å². The van der Waals surface area contributed by atoms with Gasteiger partial charge in [0.15, 0.2) is 6.10 Å². The number of rotatable bonds is 9. The standard InChI is InChI=1S/C36H42FN3O5/c1-8-18-44-36(6)14-16-39(17-15-36)32-29-21-28(25-11-9-10-24(19-25)27-13-12-26(37)20-30(27)41)38-40(29)22-23(2)31(32)33(34(42)43-7)45-35(3,4)5/h8-13,19-22,33,41H,1,14-18H2,2-7H3/t33-/m0/s1. The number of aryl methyl sites for hydroxylation is 1. The van der Waals surface area contributed by atoms with Crippen molar-refractivity contribution in [2.75, 3.05) is 31.7 Å². The van der Waals surface area contributed by atoms with Crippen LogP contribution in [0.15, 0.2) is 67.4 Å². The van der Waals surface area contributed by atoms with Crippen molar-refractivity contribution in [3.63, 3.8) is 0 Å². The van der Waals surface area contributed by atoms with Crippen LogP contribution in [-0.2, 0) is 19.0 Å². The molecule has 8 nitrogen and oxygen atoms in total. The number of phenols is 1. The molecule has 1 atom stereocenters. The average Bonchev–Trinajstić information content (AvgIpc) is 3.42. The summed E-state index contributed by atoms with van der Waals surface area (Å²) < 4.78 is 33.3. The van der Waals surface area contributed by atoms with Crippen molar-refractivity contribution in [1.29, 1.82) is 0 Å². The van der Waals surface area contributed by atoms with E-state index >= 15 is 0 Å². The van der Waals surface area contributed by atoms with Crippen molar-refractivity contribution in [1.82, 2.24) is 9.61 Å². The van der Waals surface area contributed by atoms with Gasteiger partial charge in [-0.05, 0) is 82.9 Å². The van der Waals surface area contributed by atoms with E-state index in [0.29, 0.717) is 31.0 Å². The van der Waals surface area contributed by atoms with E-state index in [9.17, 15) is 14.3 Å². The summed E-state index contributed by atoms with van der Waals surface area (Å²) in [5.41, 5.74) is 5.16. The molecule has 9 heteroatoms. The number of hydrogen-bond donors (Lipinski definition) is 1. The van der Waals surface area contributed by atoms with Crippen LogP contribution in [0.5, 0.6) is 5.75 Å². The number of methoxy groups -OCH3 is 1. The second kappa shape index (κ2) is 12.7. The molecule has 1 aliphatic rings. The molecule has 4 aromatic rings. The molecule has 45 heavy (non-hydrogen) atoms. The van der Waals surface area contributed by atoms with E-state index in [0.717, 1.165) is 52.4 Å². The number of carbonyl (C=O) groups excluding carboxylic acids is 1. The Morgan fingerprint density at radius 1 is 1.16 bits per heavy atom. The normalized spacial score (nSPS) is 15.7. The molecule has 2 aromatic heterocycles. The number of fused-ring (bicyclic) bond motifs is 1. The van der Waals surface area contributed by atoms with E-state index in [1.165, 1.54) is 13.2 Å². The summed E-state index contributed by atoms with van der Waals surface area (Å²) >= 11 is 0. The first-order valence-corrected chi connectivity index (χ1v) is 15.2. The van der Waals surface area contributed by atoms with Gasteiger partial charge in [0.2, 0.25) is 0 Å². The molecule has 0 amide bonds. The number of phenolic OH excluding ortho intramolecular Hbond substituents is 1. The van der Waals surface area contributed by atoms with E-state index in [2.05, 4.69) is 18.4 Å². The molecule has 0 unspecified atom stereocenters. The van der Waals surface area contributed by atoms with Crippen LogP contribution in [0.2, 0.25) is 0 Å². The third-order valence-corrected chi connectivity index (χ3v) is 8.24. The number of nitrogens with zero attached hydrogens (tertiary/aromatic N) is 3. The van der Waals surface area contributed by atoms with Gasteiger partial charge in [-0.3, -0.25) is 0 Å². The van der Waals surface area contributed by atoms with E-state index in [-0.39, 0.29) is 11.4 Å². The number of anilines is 1. The van der Waals surface area contributed by atoms with Crippen LogP contribution in [-0.4, -0.2) is 58.7 Å². The molecular weight excluding hydrogens is 573 g/mol. The fourth-order valence-corrected chi connectivity index (χ4v) is 5.94. The maximum atomic E-state index is 13.7. The lowest BCUT2D eigenvalue weighted by molar-refractivity contribution is -0.164. The lowest BCUT2D eigenvalue weighted by atomic mass is 9.91. The molecule has 1 fully saturated rings. The smallest absolute Gasteiger partial charge is 0.339 e. The van der Waals surface area contributed by atoms with Crippen molar-refractivity contribution in [3.8, 4) is 28.1 Å². The Morgan fingerprint density at radius 3 is 2.51 bits per heavy atom. The van der Waals surface area contributed by atoms with Crippen molar-refractivity contribution in [3.05, 3.63) is 84.3 Å². The summed E-state index contributed by atoms with van der Waals surface area (Å²) in [5.74, 6) is -1.11. The number of halogens is 1. The molecule has 0 saturated carbocycles. The second-order valence-corrected chi connectivity index (χ2v) is 12.8. The highest BCUT2D eigenvalue weighted by Crippen LogP contribution is 2.42. The van der Waals surface area contributed by atoms with Crippen LogP contribution in [0.3, 0.4) is 0 Å². The third-order valence-electron chi connectivity index (χ3n) is 8.24. The van der Waals surface area contributed by atoms with Crippen molar-refractivity contribution < 1.29 is 28.5 Å². The fourth-order valence-electron chi connectivity index (χ4n) is 5.94. The van der Waals surface area contributed by atoms with E-state index < -0.39 is 23.5 Å². The van der Waals surface area contributed by atoms with Crippen LogP contribution in [0, 0.1) is 12.7 Å². The largest absolute Gasteiger partial charge is 0.507 e. The lowest BCUT2D eigenvalue weighted by Gasteiger charge is -2.41. The molecule has 1 aliphatic heterocycles. The van der Waals surface area contributed by atoms with Crippen LogP contribution in [0.4, 0.5) is 10.1 Å². The summed E-state index contributed by atoms with van der Waals surface area (Å²) in [6.07, 6.45) is 4.30. The summed E-state index contributed by atoms with van der Waals surface area (Å²) in [7, 11) is 1.38. The maximum Gasteiger partial charge on any atom is 0.339 e. The zero-order chi connectivity index (χ0) is 32.5. The molecule has 2 aromatic carbocycles. The van der Waals surface area contributed by atoms with E-state index in [1.807, 2.05) is 68.7 Å². The van der Waals surface area contributed by atoms with Gasteiger partial charge >= 0.3 is 5.97 Å². The van der Waals surface area contributed by atoms with Gasteiger partial charge in [-0.15, -0.1) is 6.58 Å². The lowest BCUT2D eigenvalue weighted by Crippen LogP contribution is -2.45. The number of benzene rings is 2. The topological polar surface area (TPSA) is 85.5 Å². The minimum absolute atomic E-state index is 0.133. The molecule has 1 N–H and O–H groups in total. The molecule has 0 spiro atoms. The predicted octanol–water partition coefficient (Wildman–Crippen LogP) is 7.41. The first-order valence-electron chi connectivity index (χ1n) is 15.2. The van der Waals surface area contributed by atoms with Gasteiger partial charge in [0.25, 0.3) is 0 Å². The zero-order valence-corrected chi connectivity index (χ0v) is 26.9. The zero-order valence-electron chi connectivity index (χ0n) is 26.9. The minimum atomic E-state index is -0.955. The van der Waals surface area contributed by atoms with Crippen molar-refractivity contribution >= 4 is 17.2 Å². The number of esters is 1. The SMILES string of the molecule is C=CCOC1(C)CCN(c2c([C@H](OC(C)(C)C)C(=O)OC)c(C)cn3nc(-c4cccc(-c5ccc(F)cc5O)c4)cc23)CC1. The molecule has 0 bridgehead atoms. The van der Waals surface area contributed by atoms with Crippen molar-refractivity contribution in [2.24, 2.45) is 0 Å². The Labute approximate surface area is 264 Å². The predicted molar refractivity (Wildman–Crippen MR) is 174 cm³/mol. The highest BCUT2D eigenvalue weighted by molar-refractivity contribution is 5.88. The average molecular weight is 616 g/mol. The summed E-state index contributed by atoms with van der Waals surface area (Å²) in [4.78, 5) is 15.6. The molecule has 0 radical (unpaired) electrons. The monoisotopic (exact) mass is 615 g/mol. The molecule has 238 valence electrons. The van der Waals surface area contributed by atoms with Crippen molar-refractivity contribution in [2.45, 2.75) is 64.8 Å². The van der Waals surface area contributed by atoms with E-state index in [1.54, 1.807) is 12.1 Å². The van der Waals surface area contributed by atoms with Gasteiger partial charge in [0.1, 0.15) is 11.6 Å². The Balaban J connectivity index is 1.66. The maximum absolute atomic E-state index is 13.7. The first-order chi connectivity index (χ1) is 21.3. The molecule has 5 rings (SSSR count). The van der Waals surface area contributed by atoms with Crippen LogP contribution >= 0.6 is 0 Å². The summed E-state index contributed by atoms with van der Waals surface area (Å²) in [6, 6.07) is 13.6. The van der Waals surface area contributed by atoms with Gasteiger partial charge in [0, 0.05) is 42.0 Å². The number of aromatic hydroxyl groups is 1. The van der Waals surface area contributed by atoms with Crippen LogP contribution < -0.4 is 4.90 Å². The Bertz CT molecular complexity index is 1720. The minimum Gasteiger partial charge on any atom is -0.507 e. The molecule has 3 heterocycles. The van der Waals surface area contributed by atoms with Gasteiger partial charge in [-0.25, -0.2) is 13.7 Å². The Morgan fingerprint density at radius 2 is 1.87 bits per heavy atom. The number of pyridine rings is 1. The fraction of sp³-hybridized carbons (Fsp3) is 0.389. The van der Waals surface area contributed by atoms with Gasteiger partial charge in [-0.2, -0.15) is 5.10 Å². The second-order valence-electron chi connectivity index (χ2n) is 12.8. The first kappa shape index (κ1) is 32.2. The van der Waals surface area contributed by atoms with E-state index in [4.69, 9.17) is 19.3 Å². The van der Waals surface area contributed by atoms with Gasteiger partial charge in [-0.1, -0.05) is 24.3 Å². The number of aromatic nitrogens is 2. The number of carbonyl (C=O) groups is 1. The number of ether oxygens (including phenoxy) is 3.